The van der Waals surface area contributed by atoms with Gasteiger partial charge in [0.05, 0.1) is 0 Å². The molecule has 1 aliphatic heterocycles. The molecule has 1 heterocycles. The van der Waals surface area contributed by atoms with Crippen LogP contribution in [0, 0.1) is 0 Å². The molecule has 1 rings (SSSR count). The van der Waals surface area contributed by atoms with E-state index in [1.54, 1.807) is 0 Å². The Kier molecular flexibility index (Phi) is 4.18. The Bertz CT molecular complexity index is 154. The zero-order chi connectivity index (χ0) is 8.97. The van der Waals surface area contributed by atoms with Gasteiger partial charge in [0.25, 0.3) is 0 Å². The summed E-state index contributed by atoms with van der Waals surface area (Å²) in [5.41, 5.74) is 0. The summed E-state index contributed by atoms with van der Waals surface area (Å²) in [4.78, 5) is 10.8. The van der Waals surface area contributed by atoms with Crippen LogP contribution >= 0.6 is 15.9 Å². The fourth-order valence-electron chi connectivity index (χ4n) is 1.05. The molecule has 0 bridgehead atoms. The molecule has 0 radical (unpaired) electrons. The minimum absolute atomic E-state index is 0.0239. The molecule has 12 heavy (non-hydrogen) atoms. The fraction of sp³-hybridized carbons (Fsp3) is 0.875. The first-order valence-corrected chi connectivity index (χ1v) is 5.03. The van der Waals surface area contributed by atoms with E-state index >= 15 is 0 Å². The van der Waals surface area contributed by atoms with Gasteiger partial charge in [-0.05, 0) is 42.1 Å². The van der Waals surface area contributed by atoms with Crippen molar-refractivity contribution in [3.63, 3.8) is 0 Å². The number of rotatable bonds is 3. The highest BCUT2D eigenvalue weighted by atomic mass is 79.9. The van der Waals surface area contributed by atoms with Gasteiger partial charge in [-0.2, -0.15) is 0 Å². The van der Waals surface area contributed by atoms with Crippen molar-refractivity contribution >= 4 is 21.7 Å². The van der Waals surface area contributed by atoms with Crippen LogP contribution < -0.4 is 0 Å². The van der Waals surface area contributed by atoms with E-state index in [9.17, 15) is 4.79 Å². The molecule has 0 aromatic rings. The van der Waals surface area contributed by atoms with E-state index in [4.69, 9.17) is 9.47 Å². The van der Waals surface area contributed by atoms with Crippen molar-refractivity contribution in [1.82, 2.24) is 0 Å². The maximum Gasteiger partial charge on any atom is 0.173 e. The third kappa shape index (κ3) is 3.21. The van der Waals surface area contributed by atoms with Crippen molar-refractivity contribution in [3.8, 4) is 0 Å². The van der Waals surface area contributed by atoms with Crippen LogP contribution in [-0.2, 0) is 14.3 Å². The van der Waals surface area contributed by atoms with Gasteiger partial charge in [-0.15, -0.1) is 0 Å². The van der Waals surface area contributed by atoms with Gasteiger partial charge in [-0.3, -0.25) is 4.79 Å². The summed E-state index contributed by atoms with van der Waals surface area (Å²) in [5.74, 6) is -0.0239. The van der Waals surface area contributed by atoms with Crippen molar-refractivity contribution < 1.29 is 14.3 Å². The molecular formula is C8H13BrO3. The van der Waals surface area contributed by atoms with E-state index < -0.39 is 5.01 Å². The van der Waals surface area contributed by atoms with Crippen LogP contribution in [0.25, 0.3) is 0 Å². The molecule has 1 saturated heterocycles. The highest BCUT2D eigenvalue weighted by molar-refractivity contribution is 9.09. The second-order valence-corrected chi connectivity index (χ2v) is 3.69. The lowest BCUT2D eigenvalue weighted by Gasteiger charge is -2.24. The Morgan fingerprint density at radius 2 is 2.42 bits per heavy atom. The Balaban J connectivity index is 2.24. The minimum Gasteiger partial charge on any atom is -0.353 e. The number of hydrogen-bond acceptors (Lipinski definition) is 3. The predicted molar refractivity (Wildman–Crippen MR) is 48.1 cm³/mol. The summed E-state index contributed by atoms with van der Waals surface area (Å²) < 4.78 is 10.6. The molecule has 1 aliphatic rings. The van der Waals surface area contributed by atoms with Crippen molar-refractivity contribution in [2.24, 2.45) is 0 Å². The molecule has 0 aliphatic carbocycles. The van der Waals surface area contributed by atoms with Crippen LogP contribution in [0.1, 0.15) is 26.2 Å². The zero-order valence-corrected chi connectivity index (χ0v) is 8.67. The standard InChI is InChI=1S/C8H13BrO3/c1-6(10)8(9)12-7-4-2-3-5-11-7/h7-8H,2-5H2,1H3. The molecule has 2 atom stereocenters. The molecule has 0 saturated carbocycles. The number of ketones is 1. The molecular weight excluding hydrogens is 224 g/mol. The molecule has 0 amide bonds. The summed E-state index contributed by atoms with van der Waals surface area (Å²) in [6, 6.07) is 0. The fourth-order valence-corrected chi connectivity index (χ4v) is 1.29. The minimum atomic E-state index is -0.513. The smallest absolute Gasteiger partial charge is 0.173 e. The first-order valence-electron chi connectivity index (χ1n) is 4.12. The van der Waals surface area contributed by atoms with Crippen LogP contribution in [-0.4, -0.2) is 23.7 Å². The Labute approximate surface area is 80.5 Å². The van der Waals surface area contributed by atoms with E-state index in [1.807, 2.05) is 0 Å². The molecule has 70 valence electrons. The average Bonchev–Trinajstić information content (AvgIpc) is 2.06. The lowest BCUT2D eigenvalue weighted by Crippen LogP contribution is -2.28. The van der Waals surface area contributed by atoms with Gasteiger partial charge in [0, 0.05) is 6.61 Å². The maximum atomic E-state index is 10.8. The summed E-state index contributed by atoms with van der Waals surface area (Å²) >= 11 is 3.13. The molecule has 0 aromatic carbocycles. The number of carbonyl (C=O) groups is 1. The number of ether oxygens (including phenoxy) is 2. The van der Waals surface area contributed by atoms with Crippen LogP contribution in [0.3, 0.4) is 0 Å². The molecule has 0 aromatic heterocycles. The van der Waals surface area contributed by atoms with Crippen molar-refractivity contribution in [1.29, 1.82) is 0 Å². The van der Waals surface area contributed by atoms with E-state index in [1.165, 1.54) is 6.92 Å². The van der Waals surface area contributed by atoms with Crippen LogP contribution in [0.2, 0.25) is 0 Å². The monoisotopic (exact) mass is 236 g/mol. The lowest BCUT2D eigenvalue weighted by atomic mass is 10.2. The first-order chi connectivity index (χ1) is 5.70. The number of halogens is 1. The van der Waals surface area contributed by atoms with Crippen molar-refractivity contribution in [2.75, 3.05) is 6.61 Å². The number of alkyl halides is 1. The van der Waals surface area contributed by atoms with Gasteiger partial charge in [0.15, 0.2) is 17.1 Å². The van der Waals surface area contributed by atoms with E-state index in [-0.39, 0.29) is 12.1 Å². The first kappa shape index (κ1) is 10.2. The predicted octanol–water partition coefficient (Wildman–Crippen LogP) is 1.84. The van der Waals surface area contributed by atoms with Gasteiger partial charge >= 0.3 is 0 Å². The summed E-state index contributed by atoms with van der Waals surface area (Å²) in [5, 5.41) is -0.513. The molecule has 0 N–H and O–H groups in total. The number of hydrogen-bond donors (Lipinski definition) is 0. The lowest BCUT2D eigenvalue weighted by molar-refractivity contribution is -0.173. The van der Waals surface area contributed by atoms with E-state index in [2.05, 4.69) is 15.9 Å². The van der Waals surface area contributed by atoms with Crippen LogP contribution in [0.15, 0.2) is 0 Å². The average molecular weight is 237 g/mol. The number of carbonyl (C=O) groups excluding carboxylic acids is 1. The molecule has 4 heteroatoms. The molecule has 0 spiro atoms. The summed E-state index contributed by atoms with van der Waals surface area (Å²) in [6.45, 7) is 2.23. The van der Waals surface area contributed by atoms with Crippen molar-refractivity contribution in [2.45, 2.75) is 37.5 Å². The Morgan fingerprint density at radius 1 is 1.67 bits per heavy atom. The van der Waals surface area contributed by atoms with Crippen LogP contribution in [0.5, 0.6) is 0 Å². The van der Waals surface area contributed by atoms with Gasteiger partial charge in [-0.25, -0.2) is 0 Å². The SMILES string of the molecule is CC(=O)C(Br)OC1CCCCO1. The topological polar surface area (TPSA) is 35.5 Å². The zero-order valence-electron chi connectivity index (χ0n) is 7.09. The Hall–Kier alpha value is 0.0700. The molecule has 2 unspecified atom stereocenters. The van der Waals surface area contributed by atoms with Gasteiger partial charge in [0.1, 0.15) is 0 Å². The highest BCUT2D eigenvalue weighted by Gasteiger charge is 2.20. The van der Waals surface area contributed by atoms with E-state index in [0.717, 1.165) is 25.9 Å². The largest absolute Gasteiger partial charge is 0.353 e. The van der Waals surface area contributed by atoms with Crippen LogP contribution in [0.4, 0.5) is 0 Å². The second kappa shape index (κ2) is 4.94. The third-order valence-electron chi connectivity index (χ3n) is 1.73. The maximum absolute atomic E-state index is 10.8. The summed E-state index contributed by atoms with van der Waals surface area (Å²) in [7, 11) is 0. The third-order valence-corrected chi connectivity index (χ3v) is 2.59. The van der Waals surface area contributed by atoms with Gasteiger partial charge < -0.3 is 9.47 Å². The second-order valence-electron chi connectivity index (χ2n) is 2.86. The summed E-state index contributed by atoms with van der Waals surface area (Å²) in [6.07, 6.45) is 2.89. The van der Waals surface area contributed by atoms with E-state index in [0.29, 0.717) is 0 Å². The molecule has 3 nitrogen and oxygen atoms in total. The quantitative estimate of drug-likeness (QED) is 0.702. The normalized spacial score (nSPS) is 26.7. The number of Topliss-reactive ketones (excluding diaryl/α,β-unsaturated/α-hetero) is 1. The van der Waals surface area contributed by atoms with Gasteiger partial charge in [-0.1, -0.05) is 0 Å². The Morgan fingerprint density at radius 3 is 2.92 bits per heavy atom. The van der Waals surface area contributed by atoms with Gasteiger partial charge in [0.2, 0.25) is 0 Å². The molecule has 1 fully saturated rings. The van der Waals surface area contributed by atoms with Crippen molar-refractivity contribution in [3.05, 3.63) is 0 Å². The highest BCUT2D eigenvalue weighted by Crippen LogP contribution is 2.17.